The summed E-state index contributed by atoms with van der Waals surface area (Å²) in [6.07, 6.45) is 6.34. The third kappa shape index (κ3) is 2.62. The lowest BCUT2D eigenvalue weighted by Gasteiger charge is -2.06. The molecule has 1 N–H and O–H groups in total. The highest BCUT2D eigenvalue weighted by molar-refractivity contribution is 5.77. The van der Waals surface area contributed by atoms with Crippen LogP contribution in [-0.4, -0.2) is 20.2 Å². The number of ether oxygens (including phenoxy) is 1. The van der Waals surface area contributed by atoms with Gasteiger partial charge < -0.3 is 4.74 Å². The van der Waals surface area contributed by atoms with E-state index in [1.54, 1.807) is 6.20 Å². The number of fused-ring (bicyclic) bond motifs is 1. The molecular formula is C16H14F2N4O. The zero-order chi connectivity index (χ0) is 15.8. The molecule has 1 aromatic carbocycles. The van der Waals surface area contributed by atoms with Crippen molar-refractivity contribution >= 4 is 11.0 Å². The highest BCUT2D eigenvalue weighted by atomic mass is 19.1. The van der Waals surface area contributed by atoms with Gasteiger partial charge >= 0.3 is 6.01 Å². The van der Waals surface area contributed by atoms with Crippen molar-refractivity contribution in [1.82, 2.24) is 20.2 Å². The van der Waals surface area contributed by atoms with Crippen LogP contribution in [0.1, 0.15) is 37.3 Å². The fraction of sp³-hybridized carbons (Fsp3) is 0.312. The number of rotatable bonds is 3. The largest absolute Gasteiger partial charge is 0.421 e. The number of hydrogen-bond acceptors (Lipinski definition) is 4. The standard InChI is InChI=1S/C16H14F2N4O/c17-10-5-6-13(12(18)7-10)23-16-19-8-11-14(9-3-1-2-4-9)21-22-15(11)20-16/h5-9H,1-4H2,(H,19,20,21,22). The van der Waals surface area contributed by atoms with Crippen LogP contribution in [0, 0.1) is 11.6 Å². The molecule has 2 aromatic heterocycles. The van der Waals surface area contributed by atoms with Crippen molar-refractivity contribution in [2.24, 2.45) is 0 Å². The van der Waals surface area contributed by atoms with E-state index in [0.29, 0.717) is 11.6 Å². The number of aromatic amines is 1. The third-order valence-corrected chi connectivity index (χ3v) is 4.18. The summed E-state index contributed by atoms with van der Waals surface area (Å²) >= 11 is 0. The van der Waals surface area contributed by atoms with E-state index in [-0.39, 0.29) is 11.8 Å². The second-order valence-corrected chi connectivity index (χ2v) is 5.69. The van der Waals surface area contributed by atoms with Crippen LogP contribution in [0.3, 0.4) is 0 Å². The summed E-state index contributed by atoms with van der Waals surface area (Å²) in [5, 5.41) is 8.09. The van der Waals surface area contributed by atoms with Crippen molar-refractivity contribution in [1.29, 1.82) is 0 Å². The maximum atomic E-state index is 13.6. The van der Waals surface area contributed by atoms with Crippen LogP contribution in [0.4, 0.5) is 8.78 Å². The van der Waals surface area contributed by atoms with Crippen molar-refractivity contribution < 1.29 is 13.5 Å². The Morgan fingerprint density at radius 2 is 2.00 bits per heavy atom. The van der Waals surface area contributed by atoms with Crippen LogP contribution in [0.15, 0.2) is 24.4 Å². The molecule has 1 saturated carbocycles. The van der Waals surface area contributed by atoms with E-state index in [1.165, 1.54) is 18.9 Å². The Morgan fingerprint density at radius 1 is 1.17 bits per heavy atom. The van der Waals surface area contributed by atoms with Gasteiger partial charge in [-0.2, -0.15) is 10.1 Å². The van der Waals surface area contributed by atoms with Gasteiger partial charge in [-0.05, 0) is 25.0 Å². The first-order valence-electron chi connectivity index (χ1n) is 7.54. The molecule has 5 nitrogen and oxygen atoms in total. The topological polar surface area (TPSA) is 63.7 Å². The van der Waals surface area contributed by atoms with Gasteiger partial charge in [-0.15, -0.1) is 0 Å². The summed E-state index contributed by atoms with van der Waals surface area (Å²) in [6.45, 7) is 0. The Hall–Kier alpha value is -2.57. The molecule has 118 valence electrons. The number of H-pyrrole nitrogens is 1. The molecule has 0 saturated heterocycles. The van der Waals surface area contributed by atoms with Crippen LogP contribution < -0.4 is 4.74 Å². The number of nitrogens with zero attached hydrogens (tertiary/aromatic N) is 3. The molecule has 7 heteroatoms. The molecule has 0 radical (unpaired) electrons. The summed E-state index contributed by atoms with van der Waals surface area (Å²) in [4.78, 5) is 8.31. The number of benzene rings is 1. The summed E-state index contributed by atoms with van der Waals surface area (Å²) in [7, 11) is 0. The molecule has 1 fully saturated rings. The van der Waals surface area contributed by atoms with Gasteiger partial charge in [0.15, 0.2) is 17.2 Å². The lowest BCUT2D eigenvalue weighted by Crippen LogP contribution is -1.96. The molecule has 1 aliphatic carbocycles. The van der Waals surface area contributed by atoms with Gasteiger partial charge in [0.25, 0.3) is 0 Å². The summed E-state index contributed by atoms with van der Waals surface area (Å²) in [5.74, 6) is -1.13. The fourth-order valence-electron chi connectivity index (χ4n) is 3.04. The molecule has 3 aromatic rings. The second-order valence-electron chi connectivity index (χ2n) is 5.69. The molecule has 0 unspecified atom stereocenters. The molecule has 0 atom stereocenters. The molecule has 0 spiro atoms. The van der Waals surface area contributed by atoms with E-state index in [1.807, 2.05) is 0 Å². The van der Waals surface area contributed by atoms with Gasteiger partial charge in [0.05, 0.1) is 5.39 Å². The predicted molar refractivity (Wildman–Crippen MR) is 79.3 cm³/mol. The monoisotopic (exact) mass is 316 g/mol. The molecule has 2 heterocycles. The highest BCUT2D eigenvalue weighted by Gasteiger charge is 2.22. The number of nitrogens with one attached hydrogen (secondary N) is 1. The van der Waals surface area contributed by atoms with E-state index < -0.39 is 11.6 Å². The maximum Gasteiger partial charge on any atom is 0.324 e. The zero-order valence-corrected chi connectivity index (χ0v) is 12.2. The highest BCUT2D eigenvalue weighted by Crippen LogP contribution is 2.36. The van der Waals surface area contributed by atoms with E-state index in [4.69, 9.17) is 4.74 Å². The van der Waals surface area contributed by atoms with Crippen molar-refractivity contribution in [3.05, 3.63) is 41.7 Å². The number of hydrogen-bond donors (Lipinski definition) is 1. The predicted octanol–water partition coefficient (Wildman–Crippen LogP) is 4.08. The van der Waals surface area contributed by atoms with Gasteiger partial charge in [-0.25, -0.2) is 13.8 Å². The molecule has 0 bridgehead atoms. The minimum atomic E-state index is -0.803. The average Bonchev–Trinajstić information content (AvgIpc) is 3.18. The molecule has 4 rings (SSSR count). The van der Waals surface area contributed by atoms with Gasteiger partial charge in [0.2, 0.25) is 0 Å². The fourth-order valence-corrected chi connectivity index (χ4v) is 3.04. The lowest BCUT2D eigenvalue weighted by atomic mass is 10.0. The van der Waals surface area contributed by atoms with Crippen molar-refractivity contribution in [2.45, 2.75) is 31.6 Å². The average molecular weight is 316 g/mol. The van der Waals surface area contributed by atoms with Crippen molar-refractivity contribution in [3.8, 4) is 11.8 Å². The summed E-state index contributed by atoms with van der Waals surface area (Å²) in [5.41, 5.74) is 1.54. The molecule has 1 aliphatic rings. The Morgan fingerprint density at radius 3 is 2.78 bits per heavy atom. The van der Waals surface area contributed by atoms with E-state index in [9.17, 15) is 8.78 Å². The summed E-state index contributed by atoms with van der Waals surface area (Å²) < 4.78 is 31.8. The quantitative estimate of drug-likeness (QED) is 0.791. The SMILES string of the molecule is Fc1ccc(Oc2ncc3c(C4CCCC4)[nH]nc3n2)c(F)c1. The molecule has 0 amide bonds. The van der Waals surface area contributed by atoms with Crippen LogP contribution >= 0.6 is 0 Å². The van der Waals surface area contributed by atoms with E-state index >= 15 is 0 Å². The Balaban J connectivity index is 1.64. The van der Waals surface area contributed by atoms with Crippen LogP contribution in [-0.2, 0) is 0 Å². The van der Waals surface area contributed by atoms with Crippen LogP contribution in [0.25, 0.3) is 11.0 Å². The first-order valence-corrected chi connectivity index (χ1v) is 7.54. The summed E-state index contributed by atoms with van der Waals surface area (Å²) in [6, 6.07) is 3.05. The Kier molecular flexibility index (Phi) is 3.40. The van der Waals surface area contributed by atoms with Crippen LogP contribution in [0.5, 0.6) is 11.8 Å². The minimum absolute atomic E-state index is 0.0209. The van der Waals surface area contributed by atoms with Gasteiger partial charge in [-0.1, -0.05) is 12.8 Å². The van der Waals surface area contributed by atoms with E-state index in [0.717, 1.165) is 36.1 Å². The molecular weight excluding hydrogens is 302 g/mol. The van der Waals surface area contributed by atoms with E-state index in [2.05, 4.69) is 20.2 Å². The first-order chi connectivity index (χ1) is 11.2. The normalized spacial score (nSPS) is 15.4. The lowest BCUT2D eigenvalue weighted by molar-refractivity contribution is 0.409. The van der Waals surface area contributed by atoms with Gasteiger partial charge in [-0.3, -0.25) is 5.10 Å². The first kappa shape index (κ1) is 14.0. The molecule has 0 aliphatic heterocycles. The van der Waals surface area contributed by atoms with Gasteiger partial charge in [0.1, 0.15) is 5.82 Å². The molecule has 23 heavy (non-hydrogen) atoms. The number of halogens is 2. The second kappa shape index (κ2) is 5.57. The van der Waals surface area contributed by atoms with Gasteiger partial charge in [0, 0.05) is 23.9 Å². The Labute approximate surface area is 130 Å². The maximum absolute atomic E-state index is 13.6. The smallest absolute Gasteiger partial charge is 0.324 e. The van der Waals surface area contributed by atoms with Crippen LogP contribution in [0.2, 0.25) is 0 Å². The van der Waals surface area contributed by atoms with Crippen molar-refractivity contribution in [3.63, 3.8) is 0 Å². The number of aromatic nitrogens is 4. The zero-order valence-electron chi connectivity index (χ0n) is 12.2. The van der Waals surface area contributed by atoms with Crippen molar-refractivity contribution in [2.75, 3.05) is 0 Å². The minimum Gasteiger partial charge on any atom is -0.421 e. The third-order valence-electron chi connectivity index (χ3n) is 4.18. The Bertz CT molecular complexity index is 858.